The number of aryl methyl sites for hydroxylation is 1. The van der Waals surface area contributed by atoms with E-state index in [2.05, 4.69) is 36.1 Å². The van der Waals surface area contributed by atoms with E-state index in [4.69, 9.17) is 0 Å². The van der Waals surface area contributed by atoms with Gasteiger partial charge in [-0.1, -0.05) is 0 Å². The number of amides is 1. The minimum Gasteiger partial charge on any atom is -0.356 e. The van der Waals surface area contributed by atoms with Crippen LogP contribution in [-0.4, -0.2) is 29.0 Å². The van der Waals surface area contributed by atoms with E-state index in [-0.39, 0.29) is 5.91 Å². The summed E-state index contributed by atoms with van der Waals surface area (Å²) in [4.78, 5) is 25.8. The van der Waals surface area contributed by atoms with Crippen LogP contribution in [0.4, 0.5) is 15.9 Å². The third-order valence-electron chi connectivity index (χ3n) is 4.70. The zero-order valence-corrected chi connectivity index (χ0v) is 17.2. The van der Waals surface area contributed by atoms with Gasteiger partial charge in [-0.05, 0) is 60.3 Å². The molecule has 1 N–H and O–H groups in total. The normalized spacial score (nSPS) is 14.6. The fourth-order valence-corrected chi connectivity index (χ4v) is 4.64. The Balaban J connectivity index is 1.74. The first kappa shape index (κ1) is 18.3. The Morgan fingerprint density at radius 2 is 2.04 bits per heavy atom. The van der Waals surface area contributed by atoms with Crippen molar-refractivity contribution in [2.45, 2.75) is 26.2 Å². The van der Waals surface area contributed by atoms with Crippen LogP contribution in [0.1, 0.15) is 34.5 Å². The van der Waals surface area contributed by atoms with E-state index in [9.17, 15) is 9.18 Å². The molecule has 5 nitrogen and oxygen atoms in total. The average molecular weight is 449 g/mol. The maximum absolute atomic E-state index is 13.8. The van der Waals surface area contributed by atoms with Crippen molar-refractivity contribution in [1.82, 2.24) is 9.97 Å². The highest BCUT2D eigenvalue weighted by atomic mass is 79.9. The lowest BCUT2D eigenvalue weighted by molar-refractivity contribution is 0.102. The van der Waals surface area contributed by atoms with Gasteiger partial charge < -0.3 is 10.2 Å². The van der Waals surface area contributed by atoms with Crippen LogP contribution < -0.4 is 10.2 Å². The Morgan fingerprint density at radius 3 is 2.78 bits per heavy atom. The third kappa shape index (κ3) is 3.55. The van der Waals surface area contributed by atoms with Crippen molar-refractivity contribution in [2.24, 2.45) is 0 Å². The number of carbonyl (C=O) groups is 1. The summed E-state index contributed by atoms with van der Waals surface area (Å²) in [6.45, 7) is 3.77. The van der Waals surface area contributed by atoms with E-state index in [1.165, 1.54) is 23.8 Å². The third-order valence-corrected chi connectivity index (χ3v) is 6.36. The van der Waals surface area contributed by atoms with Crippen LogP contribution in [0.2, 0.25) is 0 Å². The van der Waals surface area contributed by atoms with Crippen LogP contribution >= 0.6 is 27.3 Å². The maximum atomic E-state index is 13.8. The van der Waals surface area contributed by atoms with Gasteiger partial charge >= 0.3 is 0 Å². The second-order valence-electron chi connectivity index (χ2n) is 6.54. The minimum absolute atomic E-state index is 0.270. The van der Waals surface area contributed by atoms with Crippen LogP contribution in [0.3, 0.4) is 0 Å². The molecule has 0 radical (unpaired) electrons. The second-order valence-corrected chi connectivity index (χ2v) is 8.60. The highest BCUT2D eigenvalue weighted by Crippen LogP contribution is 2.36. The molecule has 0 spiro atoms. The van der Waals surface area contributed by atoms with Crippen LogP contribution in [0.5, 0.6) is 0 Å². The molecule has 4 rings (SSSR count). The standard InChI is InChI=1S/C19H18BrFN4OS/c1-11-15(18(26)24-12-5-6-13(20)14(21)9-12)16-17(22-10-23-19(16)27-11)25-7-3-2-4-8-25/h5-6,9-10H,2-4,7-8H2,1H3,(H,24,26). The zero-order valence-electron chi connectivity index (χ0n) is 14.8. The smallest absolute Gasteiger partial charge is 0.257 e. The van der Waals surface area contributed by atoms with Crippen molar-refractivity contribution in [3.8, 4) is 0 Å². The summed E-state index contributed by atoms with van der Waals surface area (Å²) in [6, 6.07) is 4.54. The molecule has 0 atom stereocenters. The van der Waals surface area contributed by atoms with Crippen LogP contribution in [0.15, 0.2) is 29.0 Å². The molecule has 8 heteroatoms. The summed E-state index contributed by atoms with van der Waals surface area (Å²) in [7, 11) is 0. The summed E-state index contributed by atoms with van der Waals surface area (Å²) in [5.74, 6) is 0.127. The van der Waals surface area contributed by atoms with Crippen molar-refractivity contribution >= 4 is 54.9 Å². The number of nitrogens with zero attached hydrogens (tertiary/aromatic N) is 3. The van der Waals surface area contributed by atoms with Gasteiger partial charge in [-0.15, -0.1) is 11.3 Å². The number of thiophene rings is 1. The number of anilines is 2. The van der Waals surface area contributed by atoms with Crippen molar-refractivity contribution in [2.75, 3.05) is 23.3 Å². The van der Waals surface area contributed by atoms with E-state index in [1.54, 1.807) is 18.5 Å². The zero-order chi connectivity index (χ0) is 19.0. The molecule has 0 bridgehead atoms. The molecule has 1 aliphatic heterocycles. The largest absolute Gasteiger partial charge is 0.356 e. The number of rotatable bonds is 3. The number of halogens is 2. The molecule has 1 fully saturated rings. The number of piperidine rings is 1. The molecule has 3 heterocycles. The average Bonchev–Trinajstić information content (AvgIpc) is 3.01. The fraction of sp³-hybridized carbons (Fsp3) is 0.316. The van der Waals surface area contributed by atoms with Crippen molar-refractivity contribution < 1.29 is 9.18 Å². The van der Waals surface area contributed by atoms with Gasteiger partial charge in [0, 0.05) is 23.7 Å². The first-order chi connectivity index (χ1) is 13.0. The van der Waals surface area contributed by atoms with Crippen LogP contribution in [0.25, 0.3) is 10.2 Å². The highest BCUT2D eigenvalue weighted by Gasteiger charge is 2.24. The van der Waals surface area contributed by atoms with Gasteiger partial charge in [0.1, 0.15) is 22.8 Å². The van der Waals surface area contributed by atoms with Gasteiger partial charge in [-0.2, -0.15) is 0 Å². The van der Waals surface area contributed by atoms with Gasteiger partial charge in [0.15, 0.2) is 0 Å². The molecule has 1 aromatic carbocycles. The Kier molecular flexibility index (Phi) is 5.10. The number of fused-ring (bicyclic) bond motifs is 1. The van der Waals surface area contributed by atoms with Crippen molar-refractivity contribution in [3.05, 3.63) is 45.3 Å². The highest BCUT2D eigenvalue weighted by molar-refractivity contribution is 9.10. The molecule has 3 aromatic rings. The van der Waals surface area contributed by atoms with Gasteiger partial charge in [0.05, 0.1) is 15.4 Å². The Labute approximate surface area is 168 Å². The van der Waals surface area contributed by atoms with E-state index in [0.29, 0.717) is 15.7 Å². The number of benzene rings is 1. The summed E-state index contributed by atoms with van der Waals surface area (Å²) in [5.41, 5.74) is 0.982. The van der Waals surface area contributed by atoms with Gasteiger partial charge in [0.25, 0.3) is 5.91 Å². The Hall–Kier alpha value is -2.06. The van der Waals surface area contributed by atoms with Gasteiger partial charge in [0.2, 0.25) is 0 Å². The minimum atomic E-state index is -0.419. The molecule has 1 aliphatic rings. The number of carbonyl (C=O) groups excluding carboxylic acids is 1. The summed E-state index contributed by atoms with van der Waals surface area (Å²) in [5, 5.41) is 3.60. The Morgan fingerprint density at radius 1 is 1.26 bits per heavy atom. The van der Waals surface area contributed by atoms with Crippen molar-refractivity contribution in [3.63, 3.8) is 0 Å². The lowest BCUT2D eigenvalue weighted by atomic mass is 10.1. The summed E-state index contributed by atoms with van der Waals surface area (Å²) in [6.07, 6.45) is 5.02. The van der Waals surface area contributed by atoms with Crippen molar-refractivity contribution in [1.29, 1.82) is 0 Å². The quantitative estimate of drug-likeness (QED) is 0.602. The fourth-order valence-electron chi connectivity index (χ4n) is 3.42. The molecule has 1 saturated heterocycles. The molecule has 0 aliphatic carbocycles. The molecule has 0 unspecified atom stereocenters. The Bertz CT molecular complexity index is 1020. The van der Waals surface area contributed by atoms with E-state index in [1.807, 2.05) is 6.92 Å². The maximum Gasteiger partial charge on any atom is 0.257 e. The topological polar surface area (TPSA) is 58.1 Å². The molecule has 0 saturated carbocycles. The van der Waals surface area contributed by atoms with E-state index in [0.717, 1.165) is 46.8 Å². The van der Waals surface area contributed by atoms with Crippen LogP contribution in [-0.2, 0) is 0 Å². The number of aromatic nitrogens is 2. The molecular weight excluding hydrogens is 431 g/mol. The van der Waals surface area contributed by atoms with Gasteiger partial charge in [-0.3, -0.25) is 4.79 Å². The lowest BCUT2D eigenvalue weighted by Crippen LogP contribution is -2.30. The predicted molar refractivity (Wildman–Crippen MR) is 110 cm³/mol. The first-order valence-electron chi connectivity index (χ1n) is 8.80. The predicted octanol–water partition coefficient (Wildman–Crippen LogP) is 5.14. The SMILES string of the molecule is Cc1sc2ncnc(N3CCCCC3)c2c1C(=O)Nc1ccc(Br)c(F)c1. The monoisotopic (exact) mass is 448 g/mol. The lowest BCUT2D eigenvalue weighted by Gasteiger charge is -2.28. The molecular formula is C19H18BrFN4OS. The van der Waals surface area contributed by atoms with E-state index >= 15 is 0 Å². The number of nitrogens with one attached hydrogen (secondary N) is 1. The number of hydrogen-bond donors (Lipinski definition) is 1. The second kappa shape index (κ2) is 7.52. The molecule has 140 valence electrons. The van der Waals surface area contributed by atoms with Gasteiger partial charge in [-0.25, -0.2) is 14.4 Å². The summed E-state index contributed by atoms with van der Waals surface area (Å²) < 4.78 is 14.1. The molecule has 2 aromatic heterocycles. The van der Waals surface area contributed by atoms with Crippen LogP contribution in [0, 0.1) is 12.7 Å². The molecule has 1 amide bonds. The summed E-state index contributed by atoms with van der Waals surface area (Å²) >= 11 is 4.61. The number of hydrogen-bond acceptors (Lipinski definition) is 5. The molecule has 27 heavy (non-hydrogen) atoms. The van der Waals surface area contributed by atoms with E-state index < -0.39 is 5.82 Å². The first-order valence-corrected chi connectivity index (χ1v) is 10.4.